The average molecular weight is 372 g/mol. The van der Waals surface area contributed by atoms with E-state index in [4.69, 9.17) is 9.84 Å². The number of aliphatic carboxylic acids is 1. The molecule has 1 atom stereocenters. The minimum atomic E-state index is -3.68. The maximum atomic E-state index is 12.5. The summed E-state index contributed by atoms with van der Waals surface area (Å²) in [6.07, 6.45) is 0.606. The Morgan fingerprint density at radius 1 is 1.28 bits per heavy atom. The normalized spacial score (nSPS) is 12.6. The quantitative estimate of drug-likeness (QED) is 0.591. The lowest BCUT2D eigenvalue weighted by Crippen LogP contribution is -2.41. The van der Waals surface area contributed by atoms with Gasteiger partial charge in [-0.2, -0.15) is 0 Å². The minimum Gasteiger partial charge on any atom is -0.480 e. The van der Waals surface area contributed by atoms with Crippen molar-refractivity contribution in [1.82, 2.24) is 9.62 Å². The first-order chi connectivity index (χ1) is 11.7. The molecule has 0 aromatic heterocycles. The van der Waals surface area contributed by atoms with Crippen molar-refractivity contribution in [3.8, 4) is 0 Å². The zero-order valence-corrected chi connectivity index (χ0v) is 15.4. The van der Waals surface area contributed by atoms with Gasteiger partial charge in [-0.15, -0.1) is 0 Å². The summed E-state index contributed by atoms with van der Waals surface area (Å²) in [6.45, 7) is 3.59. The molecule has 0 bridgehead atoms. The van der Waals surface area contributed by atoms with E-state index in [2.05, 4.69) is 4.72 Å². The molecular weight excluding hydrogens is 348 g/mol. The predicted octanol–water partition coefficient (Wildman–Crippen LogP) is 0.937. The van der Waals surface area contributed by atoms with E-state index in [1.165, 1.54) is 36.3 Å². The van der Waals surface area contributed by atoms with Crippen LogP contribution in [0.3, 0.4) is 0 Å². The first-order valence-electron chi connectivity index (χ1n) is 7.84. The molecule has 0 aliphatic carbocycles. The van der Waals surface area contributed by atoms with Gasteiger partial charge in [-0.3, -0.25) is 9.59 Å². The molecule has 0 aliphatic heterocycles. The molecule has 1 amide bonds. The van der Waals surface area contributed by atoms with E-state index < -0.39 is 28.4 Å². The highest BCUT2D eigenvalue weighted by Gasteiger charge is 2.23. The van der Waals surface area contributed by atoms with E-state index in [0.717, 1.165) is 0 Å². The molecule has 9 heteroatoms. The van der Waals surface area contributed by atoms with E-state index in [9.17, 15) is 18.0 Å². The third-order valence-electron chi connectivity index (χ3n) is 3.70. The molecule has 0 aliphatic rings. The van der Waals surface area contributed by atoms with Gasteiger partial charge < -0.3 is 14.7 Å². The zero-order valence-electron chi connectivity index (χ0n) is 14.6. The summed E-state index contributed by atoms with van der Waals surface area (Å²) in [5, 5.41) is 8.99. The average Bonchev–Trinajstić information content (AvgIpc) is 2.58. The Kier molecular flexibility index (Phi) is 8.01. The molecule has 1 rings (SSSR count). The van der Waals surface area contributed by atoms with E-state index >= 15 is 0 Å². The summed E-state index contributed by atoms with van der Waals surface area (Å²) in [4.78, 5) is 24.8. The zero-order chi connectivity index (χ0) is 19.0. The number of carbonyl (C=O) groups excluding carboxylic acids is 1. The number of carboxylic acid groups (broad SMARTS) is 1. The molecule has 0 radical (unpaired) electrons. The topological polar surface area (TPSA) is 113 Å². The lowest BCUT2D eigenvalue weighted by molar-refractivity contribution is -0.138. The molecule has 0 spiro atoms. The maximum absolute atomic E-state index is 12.5. The van der Waals surface area contributed by atoms with Crippen molar-refractivity contribution in [2.45, 2.75) is 31.2 Å². The number of hydrogen-bond acceptors (Lipinski definition) is 5. The van der Waals surface area contributed by atoms with Gasteiger partial charge in [0.2, 0.25) is 10.0 Å². The van der Waals surface area contributed by atoms with Gasteiger partial charge in [0.15, 0.2) is 0 Å². The molecule has 8 nitrogen and oxygen atoms in total. The Labute approximate surface area is 147 Å². The van der Waals surface area contributed by atoms with Crippen LogP contribution in [0.4, 0.5) is 0 Å². The number of methoxy groups -OCH3 is 1. The third kappa shape index (κ3) is 6.11. The number of ether oxygens (including phenoxy) is 1. The molecular formula is C16H24N2O6S. The van der Waals surface area contributed by atoms with Crippen molar-refractivity contribution in [3.63, 3.8) is 0 Å². The fourth-order valence-electron chi connectivity index (χ4n) is 2.10. The number of nitrogens with zero attached hydrogens (tertiary/aromatic N) is 1. The van der Waals surface area contributed by atoms with Crippen LogP contribution in [0.2, 0.25) is 0 Å². The molecule has 1 unspecified atom stereocenters. The Morgan fingerprint density at radius 3 is 2.36 bits per heavy atom. The van der Waals surface area contributed by atoms with Crippen molar-refractivity contribution in [1.29, 1.82) is 0 Å². The predicted molar refractivity (Wildman–Crippen MR) is 91.9 cm³/mol. The van der Waals surface area contributed by atoms with Crippen molar-refractivity contribution >= 4 is 21.9 Å². The second-order valence-corrected chi connectivity index (χ2v) is 7.27. The third-order valence-corrected chi connectivity index (χ3v) is 5.18. The van der Waals surface area contributed by atoms with Gasteiger partial charge in [-0.25, -0.2) is 13.1 Å². The SMILES string of the molecule is CCC(C)N(CC(=O)O)C(=O)c1ccc(S(=O)(=O)NCCOC)cc1. The van der Waals surface area contributed by atoms with Crippen molar-refractivity contribution in [3.05, 3.63) is 29.8 Å². The number of rotatable bonds is 10. The van der Waals surface area contributed by atoms with Crippen LogP contribution in [-0.4, -0.2) is 63.1 Å². The Bertz CT molecular complexity index is 687. The summed E-state index contributed by atoms with van der Waals surface area (Å²) < 4.78 is 31.3. The van der Waals surface area contributed by atoms with Gasteiger partial charge in [0, 0.05) is 25.3 Å². The molecule has 1 aromatic carbocycles. The van der Waals surface area contributed by atoms with Crippen LogP contribution in [0.1, 0.15) is 30.6 Å². The second kappa shape index (κ2) is 9.50. The summed E-state index contributed by atoms with van der Waals surface area (Å²) >= 11 is 0. The highest BCUT2D eigenvalue weighted by Crippen LogP contribution is 2.14. The molecule has 1 aromatic rings. The number of nitrogens with one attached hydrogen (secondary N) is 1. The van der Waals surface area contributed by atoms with Gasteiger partial charge >= 0.3 is 5.97 Å². The number of carbonyl (C=O) groups is 2. The van der Waals surface area contributed by atoms with E-state index in [-0.39, 0.29) is 29.7 Å². The lowest BCUT2D eigenvalue weighted by atomic mass is 10.1. The number of amides is 1. The standard InChI is InChI=1S/C16H24N2O6S/c1-4-12(2)18(11-15(19)20)16(21)13-5-7-14(8-6-13)25(22,23)17-9-10-24-3/h5-8,12,17H,4,9-11H2,1-3H3,(H,19,20). The van der Waals surface area contributed by atoms with Gasteiger partial charge in [0.1, 0.15) is 6.54 Å². The van der Waals surface area contributed by atoms with E-state index in [0.29, 0.717) is 6.42 Å². The number of sulfonamides is 1. The van der Waals surface area contributed by atoms with Crippen molar-refractivity contribution in [2.24, 2.45) is 0 Å². The second-order valence-electron chi connectivity index (χ2n) is 5.50. The van der Waals surface area contributed by atoms with Crippen molar-refractivity contribution < 1.29 is 27.9 Å². The fourth-order valence-corrected chi connectivity index (χ4v) is 3.11. The molecule has 25 heavy (non-hydrogen) atoms. The van der Waals surface area contributed by atoms with Crippen molar-refractivity contribution in [2.75, 3.05) is 26.8 Å². The maximum Gasteiger partial charge on any atom is 0.323 e. The smallest absolute Gasteiger partial charge is 0.323 e. The molecule has 0 saturated carbocycles. The summed E-state index contributed by atoms with van der Waals surface area (Å²) in [7, 11) is -2.22. The van der Waals surface area contributed by atoms with Crippen LogP contribution in [0.15, 0.2) is 29.2 Å². The minimum absolute atomic E-state index is 0.0217. The van der Waals surface area contributed by atoms with Crippen LogP contribution in [0.25, 0.3) is 0 Å². The van der Waals surface area contributed by atoms with Crippen LogP contribution in [0, 0.1) is 0 Å². The van der Waals surface area contributed by atoms with Crippen LogP contribution >= 0.6 is 0 Å². The van der Waals surface area contributed by atoms with Gasteiger partial charge in [0.05, 0.1) is 11.5 Å². The Hall–Kier alpha value is -1.97. The number of benzene rings is 1. The number of carboxylic acids is 1. The highest BCUT2D eigenvalue weighted by molar-refractivity contribution is 7.89. The van der Waals surface area contributed by atoms with Gasteiger partial charge in [-0.1, -0.05) is 6.92 Å². The first kappa shape index (κ1) is 21.1. The molecule has 2 N–H and O–H groups in total. The van der Waals surface area contributed by atoms with Crippen LogP contribution in [0.5, 0.6) is 0 Å². The lowest BCUT2D eigenvalue weighted by Gasteiger charge is -2.27. The molecule has 0 saturated heterocycles. The summed E-state index contributed by atoms with van der Waals surface area (Å²) in [6, 6.07) is 5.15. The molecule has 0 heterocycles. The van der Waals surface area contributed by atoms with E-state index in [1.807, 2.05) is 6.92 Å². The molecule has 140 valence electrons. The summed E-state index contributed by atoms with van der Waals surface area (Å²) in [5.74, 6) is -1.55. The monoisotopic (exact) mass is 372 g/mol. The van der Waals surface area contributed by atoms with Crippen LogP contribution < -0.4 is 4.72 Å². The van der Waals surface area contributed by atoms with Gasteiger partial charge in [0.25, 0.3) is 5.91 Å². The Morgan fingerprint density at radius 2 is 1.88 bits per heavy atom. The highest BCUT2D eigenvalue weighted by atomic mass is 32.2. The number of hydrogen-bond donors (Lipinski definition) is 2. The van der Waals surface area contributed by atoms with E-state index in [1.54, 1.807) is 6.92 Å². The first-order valence-corrected chi connectivity index (χ1v) is 9.32. The van der Waals surface area contributed by atoms with Crippen LogP contribution in [-0.2, 0) is 19.6 Å². The summed E-state index contributed by atoms with van der Waals surface area (Å²) in [5.41, 5.74) is 0.234. The largest absolute Gasteiger partial charge is 0.480 e. The molecule has 0 fully saturated rings. The fraction of sp³-hybridized carbons (Fsp3) is 0.500. The Balaban J connectivity index is 2.96. The van der Waals surface area contributed by atoms with Gasteiger partial charge in [-0.05, 0) is 37.6 Å².